The van der Waals surface area contributed by atoms with E-state index in [2.05, 4.69) is 30.6 Å². The molecule has 0 radical (unpaired) electrons. The maximum Gasteiger partial charge on any atom is 0.501 e. The Hall–Kier alpha value is -5.46. The Labute approximate surface area is 458 Å². The second-order valence-electron chi connectivity index (χ2n) is 20.2. The quantitative estimate of drug-likeness (QED) is 0.0554. The monoisotopic (exact) mass is 1130 g/mol. The molecule has 0 spiro atoms. The van der Waals surface area contributed by atoms with Gasteiger partial charge in [-0.1, -0.05) is 54.1 Å². The Morgan fingerprint density at radius 3 is 2.13 bits per heavy atom. The first-order chi connectivity index (χ1) is 36.9. The Bertz CT molecular complexity index is 3190. The van der Waals surface area contributed by atoms with Crippen LogP contribution in [0.2, 0.25) is 5.02 Å². The van der Waals surface area contributed by atoms with Crippen LogP contribution >= 0.6 is 30.9 Å². The van der Waals surface area contributed by atoms with Crippen molar-refractivity contribution in [3.63, 3.8) is 0 Å². The van der Waals surface area contributed by atoms with Crippen molar-refractivity contribution in [3.8, 4) is 22.4 Å². The zero-order chi connectivity index (χ0) is 54.6. The fourth-order valence-corrected chi connectivity index (χ4v) is 15.3. The number of sulfone groups is 1. The summed E-state index contributed by atoms with van der Waals surface area (Å²) in [5.41, 5.74) is 0.511. The molecule has 3 fully saturated rings. The van der Waals surface area contributed by atoms with Crippen molar-refractivity contribution < 1.29 is 45.7 Å². The predicted molar refractivity (Wildman–Crippen MR) is 304 cm³/mol. The van der Waals surface area contributed by atoms with Crippen molar-refractivity contribution in [2.45, 2.75) is 73.8 Å². The van der Waals surface area contributed by atoms with Crippen LogP contribution in [0.4, 0.5) is 35.9 Å². The number of aliphatic hydroxyl groups excluding tert-OH is 1. The Morgan fingerprint density at radius 2 is 1.49 bits per heavy atom. The van der Waals surface area contributed by atoms with E-state index in [4.69, 9.17) is 16.1 Å². The molecule has 2 atom stereocenters. The number of nitrogens with one attached hydrogen (secondary N) is 1. The lowest BCUT2D eigenvalue weighted by Gasteiger charge is -2.39. The summed E-state index contributed by atoms with van der Waals surface area (Å²) in [5.74, 6) is -0.339. The zero-order valence-electron chi connectivity index (χ0n) is 43.3. The van der Waals surface area contributed by atoms with E-state index in [0.29, 0.717) is 73.3 Å². The predicted octanol–water partition coefficient (Wildman–Crippen LogP) is 12.1. The molecule has 1 aromatic heterocycles. The van der Waals surface area contributed by atoms with E-state index >= 15 is 4.57 Å². The van der Waals surface area contributed by atoms with Gasteiger partial charge in [-0.25, -0.2) is 13.2 Å². The van der Waals surface area contributed by atoms with E-state index in [1.54, 1.807) is 16.8 Å². The molecule has 20 heteroatoms. The Kier molecular flexibility index (Phi) is 17.4. The molecular formula is C57H65ClF3N6O7PS2. The normalized spacial score (nSPS) is 18.5. The third-order valence-corrected chi connectivity index (χ3v) is 20.4. The van der Waals surface area contributed by atoms with Gasteiger partial charge < -0.3 is 39.3 Å². The number of aromatic nitrogens is 1. The molecule has 77 heavy (non-hydrogen) atoms. The average Bonchev–Trinajstić information content (AvgIpc) is 3.88. The van der Waals surface area contributed by atoms with Gasteiger partial charge in [0.2, 0.25) is 0 Å². The number of piperidine rings is 1. The van der Waals surface area contributed by atoms with Crippen LogP contribution in [0, 0.1) is 12.8 Å². The molecule has 0 bridgehead atoms. The summed E-state index contributed by atoms with van der Waals surface area (Å²) in [5, 5.41) is 23.8. The summed E-state index contributed by atoms with van der Waals surface area (Å²) in [7, 11) is -10.1. The maximum absolute atomic E-state index is 15.2. The molecule has 410 valence electrons. The molecule has 0 unspecified atom stereocenters. The van der Waals surface area contributed by atoms with Gasteiger partial charge >= 0.3 is 19.0 Å². The molecule has 3 N–H and O–H groups in total. The van der Waals surface area contributed by atoms with Gasteiger partial charge in [-0.2, -0.15) is 13.2 Å². The number of piperazine rings is 1. The second kappa shape index (κ2) is 23.9. The lowest BCUT2D eigenvalue weighted by Crippen LogP contribution is -2.46. The zero-order valence-corrected chi connectivity index (χ0v) is 46.6. The topological polar surface area (TPSA) is 148 Å². The first-order valence-corrected chi connectivity index (χ1v) is 30.5. The number of carboxylic acid groups (broad SMARTS) is 1. The fraction of sp³-hybridized carbons (Fsp3) is 0.386. The van der Waals surface area contributed by atoms with E-state index in [9.17, 15) is 36.6 Å². The van der Waals surface area contributed by atoms with Crippen molar-refractivity contribution in [2.24, 2.45) is 5.92 Å². The highest BCUT2D eigenvalue weighted by molar-refractivity contribution is 7.99. The minimum Gasteiger partial charge on any atom is -0.478 e. The molecular weight excluding hydrogens is 1070 g/mol. The van der Waals surface area contributed by atoms with E-state index in [1.165, 1.54) is 23.9 Å². The van der Waals surface area contributed by atoms with Gasteiger partial charge in [0.15, 0.2) is 0 Å². The standard InChI is InChI=1S/C57H65ClF3N6O7PS2/c1-39(2)67-40(3)53(56(69)70)54(55(67)42-13-15-44(58)16-14-42)43-9-7-10-48(35-43)65-32-30-64(31-33-65)46-17-19-47(20-18-46)66-26-8-34-74-75(66,71)49-21-22-51(52(36-49)77(72,73)57(59,60)61)62-45(38-76-50-11-5-4-6-12-50)25-29-63-27-23-41(37-68)24-28-63/h4-7,9-22,35-36,39,41,45,62,68H,8,23-34,37-38H2,1-3H3,(H,69,70)/t45-,75-/m1/s1. The molecule has 0 amide bonds. The van der Waals surface area contributed by atoms with E-state index in [1.807, 2.05) is 106 Å². The van der Waals surface area contributed by atoms with Crippen LogP contribution in [-0.4, -0.2) is 117 Å². The number of rotatable bonds is 18. The van der Waals surface area contributed by atoms with Crippen molar-refractivity contribution in [2.75, 3.05) is 91.1 Å². The molecule has 3 aliphatic heterocycles. The Morgan fingerprint density at radius 1 is 0.831 bits per heavy atom. The van der Waals surface area contributed by atoms with Crippen LogP contribution in [-0.2, 0) is 18.9 Å². The number of halogens is 4. The molecule has 0 saturated carbocycles. The van der Waals surface area contributed by atoms with Crippen LogP contribution < -0.4 is 25.1 Å². The van der Waals surface area contributed by atoms with Gasteiger partial charge in [-0.3, -0.25) is 9.24 Å². The summed E-state index contributed by atoms with van der Waals surface area (Å²) >= 11 is 7.79. The smallest absolute Gasteiger partial charge is 0.478 e. The van der Waals surface area contributed by atoms with Gasteiger partial charge in [0, 0.05) is 102 Å². The van der Waals surface area contributed by atoms with Gasteiger partial charge in [0.25, 0.3) is 9.84 Å². The number of benzene rings is 5. The number of thioether (sulfide) groups is 1. The number of aromatic carboxylic acids is 1. The number of aliphatic hydroxyl groups is 1. The molecule has 5 aromatic carbocycles. The summed E-state index contributed by atoms with van der Waals surface area (Å²) < 4.78 is 95.7. The van der Waals surface area contributed by atoms with Crippen LogP contribution in [0.25, 0.3) is 22.4 Å². The first-order valence-electron chi connectivity index (χ1n) is 26.1. The number of hydrogen-bond donors (Lipinski definition) is 3. The van der Waals surface area contributed by atoms with Crippen molar-refractivity contribution in [1.82, 2.24) is 9.47 Å². The molecule has 13 nitrogen and oxygen atoms in total. The van der Waals surface area contributed by atoms with Crippen LogP contribution in [0.15, 0.2) is 131 Å². The minimum absolute atomic E-state index is 0.0193. The number of carbonyl (C=O) groups is 1. The molecule has 3 aliphatic rings. The van der Waals surface area contributed by atoms with E-state index in [-0.39, 0.29) is 48.3 Å². The van der Waals surface area contributed by atoms with Crippen LogP contribution in [0.5, 0.6) is 0 Å². The van der Waals surface area contributed by atoms with E-state index in [0.717, 1.165) is 65.1 Å². The SMILES string of the molecule is Cc1c(C(=O)O)c(-c2cccc(N3CCN(c4ccc(N5CCCO[P@]5(=O)c5ccc(N[C@H](CCN6CCC(CO)CC6)CSc6ccccc6)c(S(=O)(=O)C(F)(F)F)c5)cc4)CC3)c2)c(-c2ccc(Cl)cc2)n1C(C)C. The van der Waals surface area contributed by atoms with Crippen molar-refractivity contribution in [3.05, 3.63) is 138 Å². The van der Waals surface area contributed by atoms with Crippen molar-refractivity contribution >= 4 is 74.7 Å². The molecule has 0 aliphatic carbocycles. The third kappa shape index (κ3) is 12.2. The lowest BCUT2D eigenvalue weighted by atomic mass is 9.96. The largest absolute Gasteiger partial charge is 0.501 e. The highest BCUT2D eigenvalue weighted by Crippen LogP contribution is 2.55. The highest BCUT2D eigenvalue weighted by atomic mass is 35.5. The van der Waals surface area contributed by atoms with Gasteiger partial charge in [-0.05, 0) is 155 Å². The first kappa shape index (κ1) is 56.3. The van der Waals surface area contributed by atoms with Crippen LogP contribution in [0.3, 0.4) is 0 Å². The van der Waals surface area contributed by atoms with Crippen LogP contribution in [0.1, 0.15) is 61.6 Å². The molecule has 6 aromatic rings. The third-order valence-electron chi connectivity index (χ3n) is 14.9. The summed E-state index contributed by atoms with van der Waals surface area (Å²) in [4.78, 5) is 19.6. The number of alkyl halides is 3. The molecule has 3 saturated heterocycles. The van der Waals surface area contributed by atoms with E-state index < -0.39 is 39.8 Å². The summed E-state index contributed by atoms with van der Waals surface area (Å²) in [6.07, 6.45) is 2.66. The van der Waals surface area contributed by atoms with Gasteiger partial charge in [0.1, 0.15) is 4.90 Å². The number of carboxylic acids is 1. The molecule has 9 rings (SSSR count). The molecule has 4 heterocycles. The summed E-state index contributed by atoms with van der Waals surface area (Å²) in [6.45, 7) is 11.2. The average molecular weight is 1130 g/mol. The maximum atomic E-state index is 15.2. The number of nitrogens with zero attached hydrogens (tertiary/aromatic N) is 5. The number of hydrogen-bond acceptors (Lipinski definition) is 11. The van der Waals surface area contributed by atoms with Gasteiger partial charge in [-0.15, -0.1) is 11.8 Å². The van der Waals surface area contributed by atoms with Crippen molar-refractivity contribution in [1.29, 1.82) is 0 Å². The highest BCUT2D eigenvalue weighted by Gasteiger charge is 2.49. The fourth-order valence-electron chi connectivity index (χ4n) is 10.8. The lowest BCUT2D eigenvalue weighted by molar-refractivity contribution is -0.0435. The summed E-state index contributed by atoms with van der Waals surface area (Å²) in [6, 6.07) is 35.5. The number of anilines is 4. The van der Waals surface area contributed by atoms with Gasteiger partial charge in [0.05, 0.1) is 28.9 Å². The second-order valence-corrected chi connectivity index (χ2v) is 25.9. The minimum atomic E-state index is -5.94. The number of likely N-dealkylation sites (tertiary alicyclic amines) is 1. The Balaban J connectivity index is 0.932.